The number of nitrogens with one attached hydrogen (secondary N) is 2. The van der Waals surface area contributed by atoms with Crippen molar-refractivity contribution in [1.29, 1.82) is 0 Å². The summed E-state index contributed by atoms with van der Waals surface area (Å²) >= 11 is 0. The third-order valence-electron chi connectivity index (χ3n) is 8.09. The number of methoxy groups -OCH3 is 1. The molecule has 2 atom stereocenters. The first-order chi connectivity index (χ1) is 21.2. The van der Waals surface area contributed by atoms with Gasteiger partial charge in [-0.15, -0.1) is 0 Å². The number of benzene rings is 2. The number of amides is 1. The molecule has 1 aromatic heterocycles. The summed E-state index contributed by atoms with van der Waals surface area (Å²) < 4.78 is 84.7. The normalized spacial score (nSPS) is 14.2. The first-order valence-electron chi connectivity index (χ1n) is 14.5. The zero-order chi connectivity index (χ0) is 33.2. The molecule has 0 unspecified atom stereocenters. The average Bonchev–Trinajstić information content (AvgIpc) is 2.98. The number of anilines is 1. The van der Waals surface area contributed by atoms with E-state index in [2.05, 4.69) is 17.2 Å². The Hall–Kier alpha value is -4.35. The summed E-state index contributed by atoms with van der Waals surface area (Å²) in [6, 6.07) is 4.93. The summed E-state index contributed by atoms with van der Waals surface area (Å²) in [5, 5.41) is 5.55. The highest BCUT2D eigenvalue weighted by Crippen LogP contribution is 2.43. The van der Waals surface area contributed by atoms with Crippen LogP contribution in [0, 0.1) is 18.6 Å². The molecule has 0 spiro atoms. The molecule has 2 heterocycles. The zero-order valence-corrected chi connectivity index (χ0v) is 25.8. The number of fused-ring (bicyclic) bond motifs is 1. The summed E-state index contributed by atoms with van der Waals surface area (Å²) in [5.41, 5.74) is -1.73. The standard InChI is InChI=1S/C33H36F5N3O4/c1-7-17(2)39-21-15-25(34)29(26(35)16-21)31(42)40-27(19(4)44-6)14-20-10-11-23(30-22(20)9-8-12-45-30)28-24(33(36,37)38)13-18(3)41(5)32(28)43/h10-11,13,15-17,27,39H,4,7-9,12,14H2,1-3,5-6H3,(H,40,42)/t17-,27-/m0/s1. The molecule has 0 bridgehead atoms. The number of hydrogen-bond acceptors (Lipinski definition) is 5. The van der Waals surface area contributed by atoms with Gasteiger partial charge in [-0.3, -0.25) is 9.59 Å². The molecule has 2 aromatic carbocycles. The number of carbonyl (C=O) groups excluding carboxylic acids is 1. The Morgan fingerprint density at radius 1 is 1.18 bits per heavy atom. The van der Waals surface area contributed by atoms with E-state index in [0.717, 1.165) is 22.8 Å². The van der Waals surface area contributed by atoms with Gasteiger partial charge in [0.1, 0.15) is 28.7 Å². The van der Waals surface area contributed by atoms with Gasteiger partial charge in [0.25, 0.3) is 11.5 Å². The Morgan fingerprint density at radius 3 is 2.44 bits per heavy atom. The molecule has 45 heavy (non-hydrogen) atoms. The molecule has 0 radical (unpaired) electrons. The number of rotatable bonds is 10. The first-order valence-corrected chi connectivity index (χ1v) is 14.5. The minimum absolute atomic E-state index is 0.00256. The molecular formula is C33H36F5N3O4. The van der Waals surface area contributed by atoms with Gasteiger partial charge in [0, 0.05) is 36.5 Å². The van der Waals surface area contributed by atoms with Crippen molar-refractivity contribution in [2.24, 2.45) is 7.05 Å². The summed E-state index contributed by atoms with van der Waals surface area (Å²) in [7, 11) is 2.72. The molecule has 2 N–H and O–H groups in total. The highest BCUT2D eigenvalue weighted by Gasteiger charge is 2.37. The highest BCUT2D eigenvalue weighted by atomic mass is 19.4. The molecule has 1 amide bonds. The van der Waals surface area contributed by atoms with Crippen molar-refractivity contribution in [2.75, 3.05) is 19.0 Å². The van der Waals surface area contributed by atoms with Gasteiger partial charge in [0.15, 0.2) is 0 Å². The molecule has 0 saturated carbocycles. The molecule has 12 heteroatoms. The Balaban J connectivity index is 1.73. The Kier molecular flexibility index (Phi) is 9.94. The second kappa shape index (κ2) is 13.3. The van der Waals surface area contributed by atoms with E-state index in [1.165, 1.54) is 27.1 Å². The fraction of sp³-hybridized carbons (Fsp3) is 0.394. The third kappa shape index (κ3) is 6.99. The molecule has 1 aliphatic heterocycles. The number of ether oxygens (including phenoxy) is 2. The number of pyridine rings is 1. The van der Waals surface area contributed by atoms with Gasteiger partial charge in [0.05, 0.1) is 30.9 Å². The monoisotopic (exact) mass is 633 g/mol. The van der Waals surface area contributed by atoms with Crippen LogP contribution >= 0.6 is 0 Å². The maximum Gasteiger partial charge on any atom is 0.417 e. The SMILES string of the molecule is C=C(OC)[C@H](Cc1ccc(-c2c(C(F)(F)F)cc(C)n(C)c2=O)c2c1CCCO2)NC(=O)c1c(F)cc(N[C@@H](C)CC)cc1F. The fourth-order valence-electron chi connectivity index (χ4n) is 5.32. The van der Waals surface area contributed by atoms with Gasteiger partial charge < -0.3 is 24.7 Å². The molecule has 7 nitrogen and oxygen atoms in total. The van der Waals surface area contributed by atoms with Crippen molar-refractivity contribution >= 4 is 11.6 Å². The molecule has 4 rings (SSSR count). The van der Waals surface area contributed by atoms with Gasteiger partial charge in [-0.2, -0.15) is 13.2 Å². The van der Waals surface area contributed by atoms with Crippen LogP contribution in [-0.4, -0.2) is 36.3 Å². The van der Waals surface area contributed by atoms with E-state index < -0.39 is 52.0 Å². The van der Waals surface area contributed by atoms with E-state index >= 15 is 0 Å². The van der Waals surface area contributed by atoms with E-state index in [1.807, 2.05) is 13.8 Å². The summed E-state index contributed by atoms with van der Waals surface area (Å²) in [4.78, 5) is 26.4. The molecule has 0 aliphatic carbocycles. The predicted octanol–water partition coefficient (Wildman–Crippen LogP) is 6.69. The minimum Gasteiger partial charge on any atom is -0.500 e. The van der Waals surface area contributed by atoms with Gasteiger partial charge in [-0.1, -0.05) is 25.6 Å². The van der Waals surface area contributed by atoms with E-state index in [0.29, 0.717) is 30.4 Å². The number of aromatic nitrogens is 1. The lowest BCUT2D eigenvalue weighted by molar-refractivity contribution is -0.137. The van der Waals surface area contributed by atoms with Crippen LogP contribution in [0.5, 0.6) is 5.75 Å². The van der Waals surface area contributed by atoms with Crippen LogP contribution in [0.15, 0.2) is 47.5 Å². The maximum atomic E-state index is 15.0. The second-order valence-corrected chi connectivity index (χ2v) is 11.1. The van der Waals surface area contributed by atoms with E-state index in [9.17, 15) is 31.5 Å². The van der Waals surface area contributed by atoms with E-state index in [-0.39, 0.29) is 47.5 Å². The lowest BCUT2D eigenvalue weighted by atomic mass is 9.89. The zero-order valence-electron chi connectivity index (χ0n) is 25.8. The van der Waals surface area contributed by atoms with Crippen LogP contribution in [-0.2, 0) is 30.8 Å². The second-order valence-electron chi connectivity index (χ2n) is 11.1. The van der Waals surface area contributed by atoms with Crippen molar-refractivity contribution in [2.45, 2.75) is 64.7 Å². The van der Waals surface area contributed by atoms with Crippen molar-refractivity contribution in [3.63, 3.8) is 0 Å². The number of carbonyl (C=O) groups is 1. The Labute approximate surface area is 258 Å². The van der Waals surface area contributed by atoms with Gasteiger partial charge in [-0.05, 0) is 62.4 Å². The smallest absolute Gasteiger partial charge is 0.417 e. The van der Waals surface area contributed by atoms with Crippen molar-refractivity contribution in [3.8, 4) is 16.9 Å². The van der Waals surface area contributed by atoms with Crippen LogP contribution in [0.25, 0.3) is 11.1 Å². The van der Waals surface area contributed by atoms with Gasteiger partial charge >= 0.3 is 6.18 Å². The molecule has 3 aromatic rings. The quantitative estimate of drug-likeness (QED) is 0.192. The minimum atomic E-state index is -4.80. The highest BCUT2D eigenvalue weighted by molar-refractivity contribution is 5.95. The number of aryl methyl sites for hydroxylation is 1. The molecule has 242 valence electrons. The topological polar surface area (TPSA) is 81.6 Å². The van der Waals surface area contributed by atoms with Gasteiger partial charge in [0.2, 0.25) is 0 Å². The molecule has 0 saturated heterocycles. The van der Waals surface area contributed by atoms with Crippen LogP contribution < -0.4 is 20.9 Å². The van der Waals surface area contributed by atoms with Gasteiger partial charge in [-0.25, -0.2) is 8.78 Å². The fourth-order valence-corrected chi connectivity index (χ4v) is 5.32. The first kappa shape index (κ1) is 33.5. The van der Waals surface area contributed by atoms with Crippen LogP contribution in [0.4, 0.5) is 27.6 Å². The van der Waals surface area contributed by atoms with E-state index in [1.54, 1.807) is 6.07 Å². The molecule has 1 aliphatic rings. The van der Waals surface area contributed by atoms with Crippen LogP contribution in [0.3, 0.4) is 0 Å². The summed E-state index contributed by atoms with van der Waals surface area (Å²) in [6.07, 6.45) is -3.10. The maximum absolute atomic E-state index is 15.0. The van der Waals surface area contributed by atoms with E-state index in [4.69, 9.17) is 9.47 Å². The van der Waals surface area contributed by atoms with Crippen LogP contribution in [0.1, 0.15) is 59.4 Å². The number of alkyl halides is 3. The van der Waals surface area contributed by atoms with Crippen molar-refractivity contribution in [1.82, 2.24) is 9.88 Å². The Bertz CT molecular complexity index is 1660. The number of hydrogen-bond donors (Lipinski definition) is 2. The number of nitrogens with zero attached hydrogens (tertiary/aromatic N) is 1. The van der Waals surface area contributed by atoms with Crippen molar-refractivity contribution in [3.05, 3.63) is 92.6 Å². The van der Waals surface area contributed by atoms with Crippen LogP contribution in [0.2, 0.25) is 0 Å². The number of halogens is 5. The summed E-state index contributed by atoms with van der Waals surface area (Å²) in [5.74, 6) is -2.94. The van der Waals surface area contributed by atoms with Crippen molar-refractivity contribution < 1.29 is 36.2 Å². The molecular weight excluding hydrogens is 597 g/mol. The lowest BCUT2D eigenvalue weighted by Gasteiger charge is -2.27. The average molecular weight is 634 g/mol. The lowest BCUT2D eigenvalue weighted by Crippen LogP contribution is -2.39. The third-order valence-corrected chi connectivity index (χ3v) is 8.09. The Morgan fingerprint density at radius 2 is 1.84 bits per heavy atom. The largest absolute Gasteiger partial charge is 0.500 e. The molecule has 0 fully saturated rings. The summed E-state index contributed by atoms with van der Waals surface area (Å²) in [6.45, 7) is 9.23. The predicted molar refractivity (Wildman–Crippen MR) is 162 cm³/mol.